The third-order valence-electron chi connectivity index (χ3n) is 3.88. The average Bonchev–Trinajstić information content (AvgIpc) is 2.73. The molecule has 0 bridgehead atoms. The molecule has 0 amide bonds. The number of aryl methyl sites for hydroxylation is 1. The molecule has 0 spiro atoms. The number of ketones is 1. The number of hydrogen-bond acceptors (Lipinski definition) is 4. The Hall–Kier alpha value is -2.01. The predicted molar refractivity (Wildman–Crippen MR) is 73.9 cm³/mol. The fourth-order valence-electron chi connectivity index (χ4n) is 2.75. The fraction of sp³-hybridized carbons (Fsp3) is 0.400. The second kappa shape index (κ2) is 4.24. The number of fused-ring (bicyclic) bond motifs is 1. The first-order valence-corrected chi connectivity index (χ1v) is 6.64. The Bertz CT molecular complexity index is 674. The van der Waals surface area contributed by atoms with E-state index in [4.69, 9.17) is 0 Å². The van der Waals surface area contributed by atoms with Crippen LogP contribution >= 0.6 is 0 Å². The van der Waals surface area contributed by atoms with Gasteiger partial charge in [-0.3, -0.25) is 4.79 Å². The number of nitrogens with zero attached hydrogens (tertiary/aromatic N) is 3. The summed E-state index contributed by atoms with van der Waals surface area (Å²) in [5, 5.41) is 14.6. The van der Waals surface area contributed by atoms with Gasteiger partial charge in [0.15, 0.2) is 11.6 Å². The van der Waals surface area contributed by atoms with Crippen molar-refractivity contribution in [1.29, 1.82) is 0 Å². The molecule has 2 aromatic heterocycles. The highest BCUT2D eigenvalue weighted by molar-refractivity contribution is 6.03. The molecule has 0 aromatic carbocycles. The van der Waals surface area contributed by atoms with Crippen LogP contribution in [0.5, 0.6) is 0 Å². The summed E-state index contributed by atoms with van der Waals surface area (Å²) in [6.07, 6.45) is 1.31. The summed E-state index contributed by atoms with van der Waals surface area (Å²) in [7, 11) is 0. The first kappa shape index (κ1) is 13.0. The Balaban J connectivity index is 2.21. The van der Waals surface area contributed by atoms with Crippen LogP contribution in [0.3, 0.4) is 0 Å². The number of carbonyl (C=O) groups excluding carboxylic acids is 1. The van der Waals surface area contributed by atoms with Gasteiger partial charge in [0.05, 0.1) is 17.0 Å². The van der Waals surface area contributed by atoms with Crippen molar-refractivity contribution in [3.63, 3.8) is 0 Å². The van der Waals surface area contributed by atoms with E-state index in [1.54, 1.807) is 17.8 Å². The van der Waals surface area contributed by atoms with E-state index in [0.29, 0.717) is 23.5 Å². The van der Waals surface area contributed by atoms with Crippen molar-refractivity contribution in [3.8, 4) is 5.82 Å². The molecule has 0 fully saturated rings. The normalized spacial score (nSPS) is 20.8. The molecule has 1 aliphatic carbocycles. The van der Waals surface area contributed by atoms with Crippen molar-refractivity contribution in [3.05, 3.63) is 41.3 Å². The van der Waals surface area contributed by atoms with Crippen molar-refractivity contribution in [1.82, 2.24) is 14.8 Å². The first-order valence-electron chi connectivity index (χ1n) is 6.64. The molecular formula is C15H17N3O2. The minimum atomic E-state index is -0.977. The number of carbonyl (C=O) groups is 1. The highest BCUT2D eigenvalue weighted by Crippen LogP contribution is 2.37. The van der Waals surface area contributed by atoms with E-state index in [2.05, 4.69) is 10.1 Å². The minimum Gasteiger partial charge on any atom is -0.384 e. The Morgan fingerprint density at radius 3 is 2.80 bits per heavy atom. The van der Waals surface area contributed by atoms with Crippen LogP contribution in [0.4, 0.5) is 0 Å². The lowest BCUT2D eigenvalue weighted by Crippen LogP contribution is -2.43. The van der Waals surface area contributed by atoms with Crippen LogP contribution in [0.2, 0.25) is 0 Å². The SMILES string of the molecule is Cc1nn(-c2ccccn2)c2c1C(=O)C(O)C(C)(C)C2. The smallest absolute Gasteiger partial charge is 0.195 e. The number of hydrogen-bond donors (Lipinski definition) is 1. The van der Waals surface area contributed by atoms with Gasteiger partial charge in [-0.2, -0.15) is 5.10 Å². The lowest BCUT2D eigenvalue weighted by Gasteiger charge is -2.34. The molecule has 1 N–H and O–H groups in total. The van der Waals surface area contributed by atoms with E-state index < -0.39 is 11.5 Å². The Labute approximate surface area is 117 Å². The number of rotatable bonds is 1. The van der Waals surface area contributed by atoms with Crippen LogP contribution in [-0.2, 0) is 6.42 Å². The van der Waals surface area contributed by atoms with Crippen LogP contribution < -0.4 is 0 Å². The van der Waals surface area contributed by atoms with Crippen molar-refractivity contribution in [2.24, 2.45) is 5.41 Å². The van der Waals surface area contributed by atoms with Gasteiger partial charge in [-0.25, -0.2) is 9.67 Å². The molecule has 20 heavy (non-hydrogen) atoms. The van der Waals surface area contributed by atoms with Gasteiger partial charge in [-0.15, -0.1) is 0 Å². The van der Waals surface area contributed by atoms with Crippen LogP contribution in [0.25, 0.3) is 5.82 Å². The summed E-state index contributed by atoms with van der Waals surface area (Å²) >= 11 is 0. The number of pyridine rings is 1. The number of Topliss-reactive ketones (excluding diaryl/α,β-unsaturated/α-hetero) is 1. The van der Waals surface area contributed by atoms with E-state index in [1.807, 2.05) is 32.0 Å². The Kier molecular flexibility index (Phi) is 2.76. The van der Waals surface area contributed by atoms with Gasteiger partial charge in [-0.1, -0.05) is 19.9 Å². The van der Waals surface area contributed by atoms with Gasteiger partial charge in [-0.05, 0) is 25.5 Å². The molecule has 2 heterocycles. The molecule has 1 unspecified atom stereocenters. The quantitative estimate of drug-likeness (QED) is 0.857. The maximum atomic E-state index is 12.4. The lowest BCUT2D eigenvalue weighted by atomic mass is 9.73. The van der Waals surface area contributed by atoms with E-state index in [-0.39, 0.29) is 5.78 Å². The van der Waals surface area contributed by atoms with Crippen LogP contribution in [0.15, 0.2) is 24.4 Å². The predicted octanol–water partition coefficient (Wildman–Crippen LogP) is 1.70. The molecule has 5 nitrogen and oxygen atoms in total. The third kappa shape index (κ3) is 1.78. The zero-order valence-electron chi connectivity index (χ0n) is 11.8. The van der Waals surface area contributed by atoms with Gasteiger partial charge in [0.25, 0.3) is 0 Å². The van der Waals surface area contributed by atoms with E-state index in [0.717, 1.165) is 5.69 Å². The Morgan fingerprint density at radius 2 is 2.15 bits per heavy atom. The lowest BCUT2D eigenvalue weighted by molar-refractivity contribution is 0.0332. The average molecular weight is 271 g/mol. The summed E-state index contributed by atoms with van der Waals surface area (Å²) < 4.78 is 1.72. The van der Waals surface area contributed by atoms with E-state index in [9.17, 15) is 9.90 Å². The molecule has 1 aliphatic rings. The summed E-state index contributed by atoms with van der Waals surface area (Å²) in [4.78, 5) is 16.7. The van der Waals surface area contributed by atoms with Gasteiger partial charge in [0, 0.05) is 11.6 Å². The zero-order valence-corrected chi connectivity index (χ0v) is 11.8. The van der Waals surface area contributed by atoms with E-state index >= 15 is 0 Å². The molecule has 104 valence electrons. The second-order valence-electron chi connectivity index (χ2n) is 5.94. The molecule has 2 aromatic rings. The molecule has 0 radical (unpaired) electrons. The molecule has 3 rings (SSSR count). The summed E-state index contributed by atoms with van der Waals surface area (Å²) in [6, 6.07) is 5.58. The molecule has 0 aliphatic heterocycles. The second-order valence-corrected chi connectivity index (χ2v) is 5.94. The molecule has 0 saturated carbocycles. The molecule has 5 heteroatoms. The van der Waals surface area contributed by atoms with Crippen molar-refractivity contribution in [2.75, 3.05) is 0 Å². The maximum Gasteiger partial charge on any atom is 0.195 e. The van der Waals surface area contributed by atoms with Gasteiger partial charge in [0.1, 0.15) is 6.10 Å². The van der Waals surface area contributed by atoms with Crippen LogP contribution in [-0.4, -0.2) is 31.8 Å². The summed E-state index contributed by atoms with van der Waals surface area (Å²) in [5.74, 6) is 0.452. The van der Waals surface area contributed by atoms with Gasteiger partial charge < -0.3 is 5.11 Å². The summed E-state index contributed by atoms with van der Waals surface area (Å²) in [6.45, 7) is 5.58. The molecular weight excluding hydrogens is 254 g/mol. The van der Waals surface area contributed by atoms with Crippen LogP contribution in [0, 0.1) is 12.3 Å². The van der Waals surface area contributed by atoms with E-state index in [1.165, 1.54) is 0 Å². The van der Waals surface area contributed by atoms with Crippen LogP contribution in [0.1, 0.15) is 35.6 Å². The fourth-order valence-corrected chi connectivity index (χ4v) is 2.75. The monoisotopic (exact) mass is 271 g/mol. The Morgan fingerprint density at radius 1 is 1.40 bits per heavy atom. The number of aromatic nitrogens is 3. The third-order valence-corrected chi connectivity index (χ3v) is 3.88. The van der Waals surface area contributed by atoms with Crippen molar-refractivity contribution in [2.45, 2.75) is 33.3 Å². The summed E-state index contributed by atoms with van der Waals surface area (Å²) in [5.41, 5.74) is 1.53. The van der Waals surface area contributed by atoms with Crippen molar-refractivity contribution < 1.29 is 9.90 Å². The molecule has 1 atom stereocenters. The number of aliphatic hydroxyl groups is 1. The topological polar surface area (TPSA) is 68.0 Å². The van der Waals surface area contributed by atoms with Gasteiger partial charge in [0.2, 0.25) is 0 Å². The first-order chi connectivity index (χ1) is 9.42. The number of aliphatic hydroxyl groups excluding tert-OH is 1. The standard InChI is InChI=1S/C15H17N3O2/c1-9-12-10(8-15(2,3)14(20)13(12)19)18(17-9)11-6-4-5-7-16-11/h4-7,14,20H,8H2,1-3H3. The highest BCUT2D eigenvalue weighted by Gasteiger charge is 2.43. The largest absolute Gasteiger partial charge is 0.384 e. The minimum absolute atomic E-state index is 0.240. The highest BCUT2D eigenvalue weighted by atomic mass is 16.3. The van der Waals surface area contributed by atoms with Gasteiger partial charge >= 0.3 is 0 Å². The maximum absolute atomic E-state index is 12.4. The zero-order chi connectivity index (χ0) is 14.5. The molecule has 0 saturated heterocycles. The van der Waals surface area contributed by atoms with Crippen molar-refractivity contribution >= 4 is 5.78 Å².